The van der Waals surface area contributed by atoms with Crippen LogP contribution in [-0.4, -0.2) is 24.6 Å². The minimum atomic E-state index is -0.338. The third-order valence-electron chi connectivity index (χ3n) is 6.58. The van der Waals surface area contributed by atoms with E-state index in [4.69, 9.17) is 9.47 Å². The highest BCUT2D eigenvalue weighted by Gasteiger charge is 2.52. The summed E-state index contributed by atoms with van der Waals surface area (Å²) >= 11 is 0. The van der Waals surface area contributed by atoms with E-state index in [1.165, 1.54) is 11.6 Å². The van der Waals surface area contributed by atoms with Gasteiger partial charge >= 0.3 is 11.9 Å². The molecule has 4 atom stereocenters. The summed E-state index contributed by atoms with van der Waals surface area (Å²) in [5, 5.41) is 0. The van der Waals surface area contributed by atoms with Crippen LogP contribution in [0.1, 0.15) is 38.2 Å². The first-order valence-corrected chi connectivity index (χ1v) is 9.95. The van der Waals surface area contributed by atoms with Crippen LogP contribution in [0.5, 0.6) is 0 Å². The second-order valence-electron chi connectivity index (χ2n) is 8.39. The van der Waals surface area contributed by atoms with Gasteiger partial charge in [0.1, 0.15) is 12.7 Å². The molecule has 146 valence electrons. The molecule has 1 saturated heterocycles. The minimum absolute atomic E-state index is 0.0445. The Bertz CT molecular complexity index is 851. The number of hydrogen-bond donors (Lipinski definition) is 0. The number of benzene rings is 1. The number of hydrogen-bond acceptors (Lipinski definition) is 4. The molecule has 1 aliphatic heterocycles. The standard InChI is InChI=1S/C24H26O4/c1-16-19-13-20-18(9-6-12-24(20,2)14-21(19)28-23(16)26)15-27-22(25)11-10-17-7-4-3-5-8-17/h3-5,7-11,19-21H,1,6,12-15H2,2H3. The first-order chi connectivity index (χ1) is 13.5. The van der Waals surface area contributed by atoms with Crippen molar-refractivity contribution in [1.29, 1.82) is 0 Å². The lowest BCUT2D eigenvalue weighted by atomic mass is 9.57. The maximum absolute atomic E-state index is 12.2. The molecule has 1 aromatic rings. The van der Waals surface area contributed by atoms with Gasteiger partial charge in [0.2, 0.25) is 0 Å². The van der Waals surface area contributed by atoms with Gasteiger partial charge in [-0.1, -0.05) is 49.9 Å². The zero-order valence-electron chi connectivity index (χ0n) is 16.2. The fourth-order valence-electron chi connectivity index (χ4n) is 4.98. The monoisotopic (exact) mass is 378 g/mol. The topological polar surface area (TPSA) is 52.6 Å². The summed E-state index contributed by atoms with van der Waals surface area (Å²) < 4.78 is 11.1. The number of carbonyl (C=O) groups excluding carboxylic acids is 2. The minimum Gasteiger partial charge on any atom is -0.458 e. The van der Waals surface area contributed by atoms with Crippen molar-refractivity contribution in [1.82, 2.24) is 0 Å². The molecule has 3 aliphatic rings. The summed E-state index contributed by atoms with van der Waals surface area (Å²) in [6, 6.07) is 9.68. The Kier molecular flexibility index (Phi) is 4.96. The number of allylic oxidation sites excluding steroid dienone is 1. The van der Waals surface area contributed by atoms with E-state index in [1.54, 1.807) is 6.08 Å². The second kappa shape index (κ2) is 7.42. The summed E-state index contributed by atoms with van der Waals surface area (Å²) in [5.41, 5.74) is 2.80. The number of fused-ring (bicyclic) bond motifs is 2. The Morgan fingerprint density at radius 3 is 2.93 bits per heavy atom. The van der Waals surface area contributed by atoms with Gasteiger partial charge in [-0.15, -0.1) is 0 Å². The van der Waals surface area contributed by atoms with Gasteiger partial charge in [0.15, 0.2) is 0 Å². The molecule has 28 heavy (non-hydrogen) atoms. The Morgan fingerprint density at radius 2 is 2.14 bits per heavy atom. The quantitative estimate of drug-likeness (QED) is 0.440. The number of rotatable bonds is 4. The predicted molar refractivity (Wildman–Crippen MR) is 107 cm³/mol. The maximum Gasteiger partial charge on any atom is 0.334 e. The molecule has 0 bridgehead atoms. The van der Waals surface area contributed by atoms with Crippen LogP contribution in [0.15, 0.2) is 60.2 Å². The average Bonchev–Trinajstić information content (AvgIpc) is 2.96. The summed E-state index contributed by atoms with van der Waals surface area (Å²) in [6.45, 7) is 6.52. The van der Waals surface area contributed by atoms with Crippen LogP contribution in [0, 0.1) is 17.3 Å². The molecule has 4 nitrogen and oxygen atoms in total. The smallest absolute Gasteiger partial charge is 0.334 e. The van der Waals surface area contributed by atoms with Crippen molar-refractivity contribution in [2.75, 3.05) is 6.61 Å². The van der Waals surface area contributed by atoms with E-state index < -0.39 is 0 Å². The Morgan fingerprint density at radius 1 is 1.36 bits per heavy atom. The van der Waals surface area contributed by atoms with E-state index in [-0.39, 0.29) is 29.4 Å². The molecule has 2 fully saturated rings. The van der Waals surface area contributed by atoms with Crippen molar-refractivity contribution < 1.29 is 19.1 Å². The summed E-state index contributed by atoms with van der Waals surface area (Å²) in [7, 11) is 0. The molecule has 1 aromatic carbocycles. The highest BCUT2D eigenvalue weighted by atomic mass is 16.6. The largest absolute Gasteiger partial charge is 0.458 e. The zero-order valence-corrected chi connectivity index (χ0v) is 16.2. The van der Waals surface area contributed by atoms with Crippen molar-refractivity contribution in [3.63, 3.8) is 0 Å². The maximum atomic E-state index is 12.2. The van der Waals surface area contributed by atoms with Crippen molar-refractivity contribution >= 4 is 18.0 Å². The molecule has 4 heteroatoms. The van der Waals surface area contributed by atoms with Gasteiger partial charge in [0.05, 0.1) is 0 Å². The molecule has 0 aromatic heterocycles. The molecule has 0 amide bonds. The van der Waals surface area contributed by atoms with Crippen molar-refractivity contribution in [3.8, 4) is 0 Å². The third kappa shape index (κ3) is 3.56. The van der Waals surface area contributed by atoms with Gasteiger partial charge in [-0.25, -0.2) is 9.59 Å². The van der Waals surface area contributed by atoms with E-state index >= 15 is 0 Å². The fourth-order valence-corrected chi connectivity index (χ4v) is 4.98. The van der Waals surface area contributed by atoms with Crippen LogP contribution >= 0.6 is 0 Å². The van der Waals surface area contributed by atoms with Gasteiger partial charge in [-0.05, 0) is 54.2 Å². The zero-order chi connectivity index (χ0) is 19.7. The van der Waals surface area contributed by atoms with Gasteiger partial charge in [-0.3, -0.25) is 0 Å². The highest BCUT2D eigenvalue weighted by molar-refractivity contribution is 5.91. The van der Waals surface area contributed by atoms with Crippen molar-refractivity contribution in [3.05, 3.63) is 65.8 Å². The molecular weight excluding hydrogens is 352 g/mol. The van der Waals surface area contributed by atoms with Gasteiger partial charge in [-0.2, -0.15) is 0 Å². The van der Waals surface area contributed by atoms with Crippen LogP contribution in [0.4, 0.5) is 0 Å². The van der Waals surface area contributed by atoms with Crippen LogP contribution in [-0.2, 0) is 19.1 Å². The Labute approximate surface area is 165 Å². The summed E-state index contributed by atoms with van der Waals surface area (Å²) in [6.07, 6.45) is 9.13. The van der Waals surface area contributed by atoms with Crippen molar-refractivity contribution in [2.24, 2.45) is 17.3 Å². The number of ether oxygens (including phenoxy) is 2. The predicted octanol–water partition coefficient (Wildman–Crippen LogP) is 4.48. The van der Waals surface area contributed by atoms with Crippen molar-refractivity contribution in [2.45, 2.75) is 38.7 Å². The molecule has 0 N–H and O–H groups in total. The molecule has 2 aliphatic carbocycles. The van der Waals surface area contributed by atoms with Crippen LogP contribution in [0.2, 0.25) is 0 Å². The lowest BCUT2D eigenvalue weighted by Crippen LogP contribution is -2.43. The lowest BCUT2D eigenvalue weighted by Gasteiger charge is -2.48. The van der Waals surface area contributed by atoms with Gasteiger partial charge in [0, 0.05) is 17.6 Å². The highest BCUT2D eigenvalue weighted by Crippen LogP contribution is 2.55. The lowest BCUT2D eigenvalue weighted by molar-refractivity contribution is -0.143. The molecule has 4 rings (SSSR count). The molecule has 1 heterocycles. The van der Waals surface area contributed by atoms with E-state index in [1.807, 2.05) is 30.3 Å². The Hall–Kier alpha value is -2.62. The first kappa shape index (κ1) is 18.7. The Balaban J connectivity index is 1.41. The second-order valence-corrected chi connectivity index (χ2v) is 8.39. The van der Waals surface area contributed by atoms with Crippen LogP contribution in [0.3, 0.4) is 0 Å². The molecule has 0 spiro atoms. The van der Waals surface area contributed by atoms with Crippen LogP contribution < -0.4 is 0 Å². The summed E-state index contributed by atoms with van der Waals surface area (Å²) in [4.78, 5) is 24.1. The van der Waals surface area contributed by atoms with E-state index in [2.05, 4.69) is 19.6 Å². The number of carbonyl (C=O) groups is 2. The van der Waals surface area contributed by atoms with E-state index in [9.17, 15) is 9.59 Å². The molecule has 1 saturated carbocycles. The fraction of sp³-hybridized carbons (Fsp3) is 0.417. The molecular formula is C24H26O4. The molecule has 4 unspecified atom stereocenters. The summed E-state index contributed by atoms with van der Waals surface area (Å²) in [5.74, 6) is -0.213. The van der Waals surface area contributed by atoms with Gasteiger partial charge < -0.3 is 9.47 Å². The SMILES string of the molecule is C=C1C(=O)OC2CC3(C)CCC=C(COC(=O)C=Cc4ccccc4)C3CC12. The van der Waals surface area contributed by atoms with E-state index in [0.717, 1.165) is 31.2 Å². The van der Waals surface area contributed by atoms with E-state index in [0.29, 0.717) is 18.1 Å². The average molecular weight is 378 g/mol. The number of esters is 2. The van der Waals surface area contributed by atoms with Crippen LogP contribution in [0.25, 0.3) is 6.08 Å². The van der Waals surface area contributed by atoms with Gasteiger partial charge in [0.25, 0.3) is 0 Å². The first-order valence-electron chi connectivity index (χ1n) is 9.95. The normalized spacial score (nSPS) is 31.8. The third-order valence-corrected chi connectivity index (χ3v) is 6.58. The molecule has 0 radical (unpaired) electrons.